The van der Waals surface area contributed by atoms with Gasteiger partial charge in [0.25, 0.3) is 5.91 Å². The van der Waals surface area contributed by atoms with E-state index in [9.17, 15) is 14.4 Å². The van der Waals surface area contributed by atoms with Crippen LogP contribution in [-0.2, 0) is 20.7 Å². The molecule has 0 saturated heterocycles. The number of rotatable bonds is 8. The zero-order valence-corrected chi connectivity index (χ0v) is 15.2. The second-order valence-electron chi connectivity index (χ2n) is 5.75. The molecule has 2 rings (SSSR count). The molecule has 0 spiro atoms. The topological polar surface area (TPSA) is 93.7 Å². The van der Waals surface area contributed by atoms with E-state index in [0.717, 1.165) is 5.56 Å². The van der Waals surface area contributed by atoms with Crippen LogP contribution in [0.15, 0.2) is 54.6 Å². The molecule has 0 saturated carbocycles. The molecule has 142 valence electrons. The highest BCUT2D eigenvalue weighted by Crippen LogP contribution is 2.14. The van der Waals surface area contributed by atoms with Crippen LogP contribution in [0.2, 0.25) is 0 Å². The van der Waals surface area contributed by atoms with Crippen molar-refractivity contribution in [2.45, 2.75) is 12.5 Å². The Bertz CT molecular complexity index is 792. The molecule has 0 heterocycles. The second kappa shape index (κ2) is 9.96. The van der Waals surface area contributed by atoms with Crippen molar-refractivity contribution in [3.8, 4) is 5.75 Å². The highest BCUT2D eigenvalue weighted by Gasteiger charge is 2.22. The highest BCUT2D eigenvalue weighted by atomic mass is 16.5. The van der Waals surface area contributed by atoms with Crippen LogP contribution < -0.4 is 15.4 Å². The lowest BCUT2D eigenvalue weighted by Gasteiger charge is -2.17. The first kappa shape index (κ1) is 20.0. The predicted octanol–water partition coefficient (Wildman–Crippen LogP) is 1.33. The fourth-order valence-electron chi connectivity index (χ4n) is 2.47. The van der Waals surface area contributed by atoms with Gasteiger partial charge in [-0.3, -0.25) is 9.59 Å². The largest absolute Gasteiger partial charge is 0.497 e. The monoisotopic (exact) mass is 370 g/mol. The van der Waals surface area contributed by atoms with Gasteiger partial charge in [0.15, 0.2) is 0 Å². The van der Waals surface area contributed by atoms with E-state index >= 15 is 0 Å². The molecule has 1 atom stereocenters. The molecule has 0 aliphatic heterocycles. The summed E-state index contributed by atoms with van der Waals surface area (Å²) in [4.78, 5) is 36.2. The summed E-state index contributed by atoms with van der Waals surface area (Å²) in [5.74, 6) is -0.774. The lowest BCUT2D eigenvalue weighted by Crippen LogP contribution is -2.47. The predicted molar refractivity (Wildman–Crippen MR) is 99.4 cm³/mol. The van der Waals surface area contributed by atoms with Crippen LogP contribution in [0.1, 0.15) is 15.9 Å². The summed E-state index contributed by atoms with van der Waals surface area (Å²) in [5.41, 5.74) is 1.25. The van der Waals surface area contributed by atoms with Gasteiger partial charge in [0.1, 0.15) is 11.8 Å². The van der Waals surface area contributed by atoms with Crippen molar-refractivity contribution in [3.63, 3.8) is 0 Å². The molecule has 2 N–H and O–H groups in total. The van der Waals surface area contributed by atoms with Gasteiger partial charge in [0.2, 0.25) is 5.91 Å². The molecule has 0 aliphatic rings. The molecule has 0 aromatic heterocycles. The molecule has 7 nitrogen and oxygen atoms in total. The second-order valence-corrected chi connectivity index (χ2v) is 5.75. The summed E-state index contributed by atoms with van der Waals surface area (Å²) in [5, 5.41) is 5.11. The Kier molecular flexibility index (Phi) is 7.37. The Morgan fingerprint density at radius 3 is 2.41 bits per heavy atom. The van der Waals surface area contributed by atoms with Crippen LogP contribution in [0.5, 0.6) is 5.75 Å². The normalized spacial score (nSPS) is 11.2. The van der Waals surface area contributed by atoms with Gasteiger partial charge in [0, 0.05) is 12.0 Å². The first-order valence-electron chi connectivity index (χ1n) is 8.37. The standard InChI is InChI=1S/C20H22N2O5/c1-26-16-10-6-7-14(11-16)12-17(20(25)27-2)22-18(23)13-21-19(24)15-8-4-3-5-9-15/h3-11,17H,12-13H2,1-2H3,(H,21,24)(H,22,23)/t17-/m1/s1. The maximum Gasteiger partial charge on any atom is 0.328 e. The van der Waals surface area contributed by atoms with E-state index in [4.69, 9.17) is 9.47 Å². The van der Waals surface area contributed by atoms with Crippen molar-refractivity contribution in [2.75, 3.05) is 20.8 Å². The van der Waals surface area contributed by atoms with Crippen molar-refractivity contribution in [2.24, 2.45) is 0 Å². The number of hydrogen-bond acceptors (Lipinski definition) is 5. The third-order valence-corrected chi connectivity index (χ3v) is 3.84. The molecule has 7 heteroatoms. The van der Waals surface area contributed by atoms with Crippen molar-refractivity contribution in [1.82, 2.24) is 10.6 Å². The average Bonchev–Trinajstić information content (AvgIpc) is 2.71. The molecule has 2 amide bonds. The molecule has 0 unspecified atom stereocenters. The number of ether oxygens (including phenoxy) is 2. The van der Waals surface area contributed by atoms with Crippen LogP contribution >= 0.6 is 0 Å². The van der Waals surface area contributed by atoms with E-state index in [-0.39, 0.29) is 18.9 Å². The molecule has 0 bridgehead atoms. The SMILES string of the molecule is COC(=O)[C@@H](Cc1cccc(OC)c1)NC(=O)CNC(=O)c1ccccc1. The zero-order valence-electron chi connectivity index (χ0n) is 15.2. The first-order chi connectivity index (χ1) is 13.0. The number of methoxy groups -OCH3 is 2. The summed E-state index contributed by atoms with van der Waals surface area (Å²) in [6, 6.07) is 14.9. The van der Waals surface area contributed by atoms with Gasteiger partial charge < -0.3 is 20.1 Å². The minimum Gasteiger partial charge on any atom is -0.497 e. The Morgan fingerprint density at radius 1 is 1.00 bits per heavy atom. The number of esters is 1. The van der Waals surface area contributed by atoms with Crippen LogP contribution in [0.3, 0.4) is 0 Å². The van der Waals surface area contributed by atoms with E-state index in [0.29, 0.717) is 11.3 Å². The Balaban J connectivity index is 1.95. The van der Waals surface area contributed by atoms with Crippen molar-refractivity contribution < 1.29 is 23.9 Å². The van der Waals surface area contributed by atoms with Gasteiger partial charge >= 0.3 is 5.97 Å². The average molecular weight is 370 g/mol. The lowest BCUT2D eigenvalue weighted by molar-refractivity contribution is -0.144. The van der Waals surface area contributed by atoms with E-state index in [1.54, 1.807) is 55.6 Å². The number of amides is 2. The van der Waals surface area contributed by atoms with E-state index in [2.05, 4.69) is 10.6 Å². The molecule has 0 aliphatic carbocycles. The fraction of sp³-hybridized carbons (Fsp3) is 0.250. The number of benzene rings is 2. The fourth-order valence-corrected chi connectivity index (χ4v) is 2.47. The van der Waals surface area contributed by atoms with Crippen LogP contribution in [-0.4, -0.2) is 44.6 Å². The number of hydrogen-bond donors (Lipinski definition) is 2. The molecular weight excluding hydrogens is 348 g/mol. The number of nitrogens with one attached hydrogen (secondary N) is 2. The third kappa shape index (κ3) is 6.14. The molecule has 27 heavy (non-hydrogen) atoms. The summed E-state index contributed by atoms with van der Waals surface area (Å²) in [7, 11) is 2.80. The van der Waals surface area contributed by atoms with Gasteiger partial charge in [-0.15, -0.1) is 0 Å². The third-order valence-electron chi connectivity index (χ3n) is 3.84. The first-order valence-corrected chi connectivity index (χ1v) is 8.37. The van der Waals surface area contributed by atoms with E-state index in [1.807, 2.05) is 6.07 Å². The summed E-state index contributed by atoms with van der Waals surface area (Å²) in [6.07, 6.45) is 0.238. The number of carbonyl (C=O) groups is 3. The quantitative estimate of drug-likeness (QED) is 0.684. The number of carbonyl (C=O) groups excluding carboxylic acids is 3. The van der Waals surface area contributed by atoms with Crippen LogP contribution in [0.25, 0.3) is 0 Å². The van der Waals surface area contributed by atoms with E-state index in [1.165, 1.54) is 7.11 Å². The molecular formula is C20H22N2O5. The Hall–Kier alpha value is -3.35. The van der Waals surface area contributed by atoms with Crippen molar-refractivity contribution in [3.05, 3.63) is 65.7 Å². The summed E-state index contributed by atoms with van der Waals surface area (Å²) < 4.78 is 9.92. The summed E-state index contributed by atoms with van der Waals surface area (Å²) >= 11 is 0. The van der Waals surface area contributed by atoms with Gasteiger partial charge in [0.05, 0.1) is 20.8 Å². The molecule has 2 aromatic carbocycles. The van der Waals surface area contributed by atoms with Gasteiger partial charge in [-0.25, -0.2) is 4.79 Å². The van der Waals surface area contributed by atoms with Crippen molar-refractivity contribution >= 4 is 17.8 Å². The molecule has 0 fully saturated rings. The molecule has 0 radical (unpaired) electrons. The minimum atomic E-state index is -0.872. The highest BCUT2D eigenvalue weighted by molar-refractivity contribution is 5.96. The smallest absolute Gasteiger partial charge is 0.328 e. The zero-order chi connectivity index (χ0) is 19.6. The van der Waals surface area contributed by atoms with Gasteiger partial charge in [-0.2, -0.15) is 0 Å². The maximum atomic E-state index is 12.2. The van der Waals surface area contributed by atoms with Gasteiger partial charge in [-0.05, 0) is 29.8 Å². The van der Waals surface area contributed by atoms with Crippen molar-refractivity contribution in [1.29, 1.82) is 0 Å². The summed E-state index contributed by atoms with van der Waals surface area (Å²) in [6.45, 7) is -0.251. The minimum absolute atomic E-state index is 0.238. The molecule has 2 aromatic rings. The van der Waals surface area contributed by atoms with Crippen LogP contribution in [0, 0.1) is 0 Å². The maximum absolute atomic E-state index is 12.2. The lowest BCUT2D eigenvalue weighted by atomic mass is 10.1. The Morgan fingerprint density at radius 2 is 1.74 bits per heavy atom. The Labute approximate surface area is 157 Å². The van der Waals surface area contributed by atoms with Gasteiger partial charge in [-0.1, -0.05) is 30.3 Å². The van der Waals surface area contributed by atoms with E-state index < -0.39 is 17.9 Å². The van der Waals surface area contributed by atoms with Crippen LogP contribution in [0.4, 0.5) is 0 Å².